The van der Waals surface area contributed by atoms with Crippen LogP contribution >= 0.6 is 0 Å². The number of carboxylic acid groups (broad SMARTS) is 1. The third-order valence-corrected chi connectivity index (χ3v) is 5.04. The first kappa shape index (κ1) is 19.0. The van der Waals surface area contributed by atoms with E-state index in [1.54, 1.807) is 24.3 Å². The lowest BCUT2D eigenvalue weighted by Gasteiger charge is -2.17. The van der Waals surface area contributed by atoms with Crippen LogP contribution in [-0.4, -0.2) is 50.6 Å². The SMILES string of the molecule is COc1ccccc1CC(CNC(=O)C(C)S(C)(=O)=O)C(=O)O. The van der Waals surface area contributed by atoms with Crippen molar-refractivity contribution in [2.24, 2.45) is 5.92 Å². The monoisotopic (exact) mass is 343 g/mol. The van der Waals surface area contributed by atoms with Gasteiger partial charge in [0.05, 0.1) is 13.0 Å². The second kappa shape index (κ2) is 7.96. The van der Waals surface area contributed by atoms with Gasteiger partial charge in [-0.25, -0.2) is 8.42 Å². The third-order valence-electron chi connectivity index (χ3n) is 3.54. The molecular formula is C15H21NO6S. The van der Waals surface area contributed by atoms with Gasteiger partial charge in [-0.1, -0.05) is 18.2 Å². The van der Waals surface area contributed by atoms with Crippen LogP contribution in [0, 0.1) is 5.92 Å². The summed E-state index contributed by atoms with van der Waals surface area (Å²) in [5.74, 6) is -2.11. The van der Waals surface area contributed by atoms with Gasteiger partial charge in [0.1, 0.15) is 11.0 Å². The lowest BCUT2D eigenvalue weighted by molar-refractivity contribution is -0.141. The van der Waals surface area contributed by atoms with Crippen LogP contribution in [0.3, 0.4) is 0 Å². The van der Waals surface area contributed by atoms with Crippen molar-refractivity contribution in [1.29, 1.82) is 0 Å². The summed E-state index contributed by atoms with van der Waals surface area (Å²) in [6.07, 6.45) is 1.12. The minimum atomic E-state index is -3.52. The number of ether oxygens (including phenoxy) is 1. The van der Waals surface area contributed by atoms with Crippen molar-refractivity contribution in [2.75, 3.05) is 19.9 Å². The lowest BCUT2D eigenvalue weighted by Crippen LogP contribution is -2.41. The Balaban J connectivity index is 2.77. The zero-order chi connectivity index (χ0) is 17.6. The van der Waals surface area contributed by atoms with Crippen molar-refractivity contribution in [3.63, 3.8) is 0 Å². The lowest BCUT2D eigenvalue weighted by atomic mass is 9.98. The minimum absolute atomic E-state index is 0.160. The van der Waals surface area contributed by atoms with E-state index < -0.39 is 32.9 Å². The summed E-state index contributed by atoms with van der Waals surface area (Å²) in [6.45, 7) is 1.10. The van der Waals surface area contributed by atoms with Gasteiger partial charge in [-0.3, -0.25) is 9.59 Å². The number of amides is 1. The Morgan fingerprint density at radius 1 is 1.30 bits per heavy atom. The summed E-state index contributed by atoms with van der Waals surface area (Å²) in [6, 6.07) is 7.00. The first-order valence-corrected chi connectivity index (χ1v) is 8.93. The zero-order valence-corrected chi connectivity index (χ0v) is 14.1. The first-order valence-electron chi connectivity index (χ1n) is 6.98. The van der Waals surface area contributed by atoms with Gasteiger partial charge >= 0.3 is 5.97 Å². The van der Waals surface area contributed by atoms with Crippen LogP contribution in [0.15, 0.2) is 24.3 Å². The molecule has 0 fully saturated rings. The van der Waals surface area contributed by atoms with E-state index in [4.69, 9.17) is 4.74 Å². The molecule has 0 heterocycles. The summed E-state index contributed by atoms with van der Waals surface area (Å²) >= 11 is 0. The van der Waals surface area contributed by atoms with Crippen LogP contribution in [0.5, 0.6) is 5.75 Å². The molecule has 1 aromatic carbocycles. The number of carbonyl (C=O) groups excluding carboxylic acids is 1. The molecule has 0 radical (unpaired) electrons. The normalized spacial score (nSPS) is 13.9. The van der Waals surface area contributed by atoms with Crippen molar-refractivity contribution in [3.05, 3.63) is 29.8 Å². The Bertz CT molecular complexity index is 670. The molecule has 2 unspecified atom stereocenters. The van der Waals surface area contributed by atoms with Crippen molar-refractivity contribution >= 4 is 21.7 Å². The molecule has 0 aliphatic heterocycles. The highest BCUT2D eigenvalue weighted by atomic mass is 32.2. The average molecular weight is 343 g/mol. The van der Waals surface area contributed by atoms with Gasteiger partial charge in [0.2, 0.25) is 5.91 Å². The molecule has 23 heavy (non-hydrogen) atoms. The molecule has 1 aromatic rings. The number of carbonyl (C=O) groups is 2. The third kappa shape index (κ3) is 5.55. The zero-order valence-electron chi connectivity index (χ0n) is 13.3. The molecule has 1 amide bonds. The molecule has 0 spiro atoms. The number of rotatable bonds is 8. The number of aliphatic carboxylic acids is 1. The molecule has 2 N–H and O–H groups in total. The fourth-order valence-electron chi connectivity index (χ4n) is 1.95. The van der Waals surface area contributed by atoms with E-state index in [9.17, 15) is 23.1 Å². The number of para-hydroxylation sites is 1. The molecule has 7 nitrogen and oxygen atoms in total. The maximum atomic E-state index is 11.8. The maximum Gasteiger partial charge on any atom is 0.308 e. The number of hydrogen-bond acceptors (Lipinski definition) is 5. The van der Waals surface area contributed by atoms with Gasteiger partial charge in [-0.05, 0) is 25.0 Å². The maximum absolute atomic E-state index is 11.8. The highest BCUT2D eigenvalue weighted by Crippen LogP contribution is 2.21. The van der Waals surface area contributed by atoms with Gasteiger partial charge in [0.25, 0.3) is 0 Å². The van der Waals surface area contributed by atoms with Crippen molar-refractivity contribution in [1.82, 2.24) is 5.32 Å². The molecule has 0 saturated carbocycles. The standard InChI is InChI=1S/C15H21NO6S/c1-10(23(3,20)21)14(17)16-9-12(15(18)19)8-11-6-4-5-7-13(11)22-2/h4-7,10,12H,8-9H2,1-3H3,(H,16,17)(H,18,19). The average Bonchev–Trinajstić information content (AvgIpc) is 2.49. The molecule has 0 aliphatic rings. The van der Waals surface area contributed by atoms with Gasteiger partial charge in [0, 0.05) is 12.8 Å². The van der Waals surface area contributed by atoms with E-state index in [0.717, 1.165) is 6.26 Å². The van der Waals surface area contributed by atoms with Crippen molar-refractivity contribution < 1.29 is 27.9 Å². The van der Waals surface area contributed by atoms with Crippen LogP contribution in [0.25, 0.3) is 0 Å². The molecular weight excluding hydrogens is 322 g/mol. The number of benzene rings is 1. The highest BCUT2D eigenvalue weighted by Gasteiger charge is 2.26. The highest BCUT2D eigenvalue weighted by molar-refractivity contribution is 7.92. The summed E-state index contributed by atoms with van der Waals surface area (Å²) in [5, 5.41) is 10.5. The summed E-state index contributed by atoms with van der Waals surface area (Å²) in [7, 11) is -2.03. The molecule has 0 aliphatic carbocycles. The van der Waals surface area contributed by atoms with Crippen LogP contribution in [-0.2, 0) is 25.8 Å². The fourth-order valence-corrected chi connectivity index (χ4v) is 2.42. The minimum Gasteiger partial charge on any atom is -0.496 e. The Morgan fingerprint density at radius 2 is 1.91 bits per heavy atom. The van der Waals surface area contributed by atoms with E-state index in [1.165, 1.54) is 14.0 Å². The number of hydrogen-bond donors (Lipinski definition) is 2. The second-order valence-electron chi connectivity index (χ2n) is 5.27. The van der Waals surface area contributed by atoms with Gasteiger partial charge < -0.3 is 15.2 Å². The van der Waals surface area contributed by atoms with Gasteiger partial charge in [-0.2, -0.15) is 0 Å². The molecule has 0 bridgehead atoms. The van der Waals surface area contributed by atoms with Gasteiger partial charge in [-0.15, -0.1) is 0 Å². The Kier molecular flexibility index (Phi) is 6.56. The molecule has 2 atom stereocenters. The van der Waals surface area contributed by atoms with E-state index in [-0.39, 0.29) is 13.0 Å². The summed E-state index contributed by atoms with van der Waals surface area (Å²) in [4.78, 5) is 23.2. The molecule has 0 aromatic heterocycles. The number of nitrogens with one attached hydrogen (secondary N) is 1. The molecule has 0 saturated heterocycles. The quantitative estimate of drug-likeness (QED) is 0.711. The van der Waals surface area contributed by atoms with E-state index in [1.807, 2.05) is 0 Å². The van der Waals surface area contributed by atoms with Crippen LogP contribution in [0.1, 0.15) is 12.5 Å². The Morgan fingerprint density at radius 3 is 2.43 bits per heavy atom. The number of methoxy groups -OCH3 is 1. The van der Waals surface area contributed by atoms with Crippen LogP contribution in [0.2, 0.25) is 0 Å². The molecule has 1 rings (SSSR count). The molecule has 128 valence electrons. The second-order valence-corrected chi connectivity index (χ2v) is 7.63. The largest absolute Gasteiger partial charge is 0.496 e. The molecule has 8 heteroatoms. The topological polar surface area (TPSA) is 110 Å². The smallest absolute Gasteiger partial charge is 0.308 e. The van der Waals surface area contributed by atoms with Crippen molar-refractivity contribution in [2.45, 2.75) is 18.6 Å². The number of carboxylic acids is 1. The van der Waals surface area contributed by atoms with E-state index in [0.29, 0.717) is 11.3 Å². The fraction of sp³-hybridized carbons (Fsp3) is 0.467. The predicted molar refractivity (Wildman–Crippen MR) is 85.1 cm³/mol. The van der Waals surface area contributed by atoms with E-state index >= 15 is 0 Å². The Hall–Kier alpha value is -2.09. The number of sulfone groups is 1. The van der Waals surface area contributed by atoms with Crippen LogP contribution in [0.4, 0.5) is 0 Å². The summed E-state index contributed by atoms with van der Waals surface area (Å²) < 4.78 is 27.8. The first-order chi connectivity index (χ1) is 10.7. The predicted octanol–water partition coefficient (Wildman–Crippen LogP) is 0.488. The van der Waals surface area contributed by atoms with Crippen molar-refractivity contribution in [3.8, 4) is 5.75 Å². The Labute approximate surface area is 135 Å². The van der Waals surface area contributed by atoms with E-state index in [2.05, 4.69) is 5.32 Å². The van der Waals surface area contributed by atoms with Gasteiger partial charge in [0.15, 0.2) is 9.84 Å². The summed E-state index contributed by atoms with van der Waals surface area (Å²) in [5.41, 5.74) is 0.702. The van der Waals surface area contributed by atoms with Crippen LogP contribution < -0.4 is 10.1 Å².